The van der Waals surface area contributed by atoms with Gasteiger partial charge in [0.15, 0.2) is 0 Å². The molecule has 0 aliphatic rings. The molecule has 0 saturated heterocycles. The molecule has 5 nitrogen and oxygen atoms in total. The maximum Gasteiger partial charge on any atom is 0.250 e. The quantitative estimate of drug-likeness (QED) is 0.477. The summed E-state index contributed by atoms with van der Waals surface area (Å²) in [6, 6.07) is 16.7. The van der Waals surface area contributed by atoms with Crippen molar-refractivity contribution in [1.82, 2.24) is 9.71 Å². The molecule has 0 bridgehead atoms. The summed E-state index contributed by atoms with van der Waals surface area (Å²) in [6.07, 6.45) is -0.943. The van der Waals surface area contributed by atoms with Gasteiger partial charge >= 0.3 is 0 Å². The lowest BCUT2D eigenvalue weighted by Gasteiger charge is -2.14. The van der Waals surface area contributed by atoms with Gasteiger partial charge in [0.05, 0.1) is 21.7 Å². The maximum atomic E-state index is 12.7. The number of rotatable bonds is 6. The highest BCUT2D eigenvalue weighted by Crippen LogP contribution is 2.31. The van der Waals surface area contributed by atoms with E-state index in [0.717, 1.165) is 26.4 Å². The predicted molar refractivity (Wildman–Crippen MR) is 114 cm³/mol. The molecule has 4 aromatic rings. The third-order valence-electron chi connectivity index (χ3n) is 4.37. The molecule has 0 radical (unpaired) electrons. The van der Waals surface area contributed by atoms with Crippen molar-refractivity contribution in [3.63, 3.8) is 0 Å². The SMILES string of the molecule is Cc1nc(-c2ccc(S(=O)(=O)NCC(O)c3cccc4ccccc34)s2)cs1. The summed E-state index contributed by atoms with van der Waals surface area (Å²) in [5.41, 5.74) is 1.48. The van der Waals surface area contributed by atoms with Gasteiger partial charge in [-0.3, -0.25) is 0 Å². The highest BCUT2D eigenvalue weighted by atomic mass is 32.2. The lowest BCUT2D eigenvalue weighted by Crippen LogP contribution is -2.28. The van der Waals surface area contributed by atoms with Gasteiger partial charge in [-0.2, -0.15) is 0 Å². The van der Waals surface area contributed by atoms with Gasteiger partial charge in [0.2, 0.25) is 10.0 Å². The average Bonchev–Trinajstić information content (AvgIpc) is 3.35. The number of sulfonamides is 1. The van der Waals surface area contributed by atoms with Crippen LogP contribution in [-0.4, -0.2) is 25.1 Å². The van der Waals surface area contributed by atoms with E-state index in [2.05, 4.69) is 9.71 Å². The van der Waals surface area contributed by atoms with E-state index in [1.807, 2.05) is 54.8 Å². The molecule has 4 rings (SSSR count). The molecule has 0 fully saturated rings. The molecule has 1 atom stereocenters. The Morgan fingerprint density at radius 1 is 1.11 bits per heavy atom. The molecule has 1 unspecified atom stereocenters. The molecule has 0 amide bonds. The van der Waals surface area contributed by atoms with Crippen molar-refractivity contribution in [1.29, 1.82) is 0 Å². The van der Waals surface area contributed by atoms with Crippen LogP contribution in [0, 0.1) is 6.92 Å². The number of thiophene rings is 1. The first-order valence-electron chi connectivity index (χ1n) is 8.62. The Morgan fingerprint density at radius 2 is 1.89 bits per heavy atom. The largest absolute Gasteiger partial charge is 0.387 e. The number of fused-ring (bicyclic) bond motifs is 1. The Bertz CT molecular complexity index is 1220. The van der Waals surface area contributed by atoms with Crippen LogP contribution in [0.5, 0.6) is 0 Å². The molecule has 28 heavy (non-hydrogen) atoms. The van der Waals surface area contributed by atoms with Crippen molar-refractivity contribution in [3.8, 4) is 10.6 Å². The third kappa shape index (κ3) is 3.87. The van der Waals surface area contributed by atoms with Crippen molar-refractivity contribution in [2.75, 3.05) is 6.54 Å². The van der Waals surface area contributed by atoms with Crippen LogP contribution in [0.3, 0.4) is 0 Å². The second kappa shape index (κ2) is 7.73. The Morgan fingerprint density at radius 3 is 2.68 bits per heavy atom. The molecule has 0 spiro atoms. The molecule has 0 saturated carbocycles. The van der Waals surface area contributed by atoms with Gasteiger partial charge in [-0.25, -0.2) is 18.1 Å². The number of aromatic nitrogens is 1. The van der Waals surface area contributed by atoms with Crippen LogP contribution in [0.1, 0.15) is 16.7 Å². The number of thiazole rings is 1. The first kappa shape index (κ1) is 19.2. The maximum absolute atomic E-state index is 12.7. The first-order valence-corrected chi connectivity index (χ1v) is 11.8. The Hall–Kier alpha value is -2.10. The zero-order chi connectivity index (χ0) is 19.7. The summed E-state index contributed by atoms with van der Waals surface area (Å²) in [4.78, 5) is 5.20. The van der Waals surface area contributed by atoms with Crippen LogP contribution in [-0.2, 0) is 10.0 Å². The molecule has 2 aromatic heterocycles. The number of aryl methyl sites for hydroxylation is 1. The fourth-order valence-electron chi connectivity index (χ4n) is 2.99. The second-order valence-corrected chi connectivity index (χ2v) is 10.4. The summed E-state index contributed by atoms with van der Waals surface area (Å²) in [5, 5.41) is 15.3. The molecule has 0 aliphatic carbocycles. The number of hydrogen-bond donors (Lipinski definition) is 2. The van der Waals surface area contributed by atoms with Gasteiger partial charge in [-0.15, -0.1) is 22.7 Å². The summed E-state index contributed by atoms with van der Waals surface area (Å²) in [6.45, 7) is 1.81. The van der Waals surface area contributed by atoms with Crippen LogP contribution >= 0.6 is 22.7 Å². The summed E-state index contributed by atoms with van der Waals surface area (Å²) in [7, 11) is -3.71. The summed E-state index contributed by atoms with van der Waals surface area (Å²) < 4.78 is 28.0. The van der Waals surface area contributed by atoms with Gasteiger partial charge in [0.1, 0.15) is 4.21 Å². The van der Waals surface area contributed by atoms with Gasteiger partial charge in [-0.1, -0.05) is 42.5 Å². The minimum atomic E-state index is -3.71. The van der Waals surface area contributed by atoms with Gasteiger partial charge in [0.25, 0.3) is 0 Å². The van der Waals surface area contributed by atoms with Crippen LogP contribution < -0.4 is 4.72 Å². The zero-order valence-electron chi connectivity index (χ0n) is 15.0. The number of benzene rings is 2. The van der Waals surface area contributed by atoms with E-state index in [0.29, 0.717) is 5.56 Å². The Kier molecular flexibility index (Phi) is 5.31. The fourth-order valence-corrected chi connectivity index (χ4v) is 6.03. The van der Waals surface area contributed by atoms with E-state index in [4.69, 9.17) is 0 Å². The zero-order valence-corrected chi connectivity index (χ0v) is 17.4. The second-order valence-electron chi connectivity index (χ2n) is 6.31. The standard InChI is InChI=1S/C20H18N2O3S3/c1-13-22-17(12-26-13)19-9-10-20(27-19)28(24,25)21-11-18(23)16-8-4-6-14-5-2-3-7-15(14)16/h2-10,12,18,21,23H,11H2,1H3. The lowest BCUT2D eigenvalue weighted by atomic mass is 10.0. The smallest absolute Gasteiger partial charge is 0.250 e. The molecule has 0 aliphatic heterocycles. The molecule has 2 heterocycles. The van der Waals surface area contributed by atoms with Crippen molar-refractivity contribution in [2.24, 2.45) is 0 Å². The van der Waals surface area contributed by atoms with E-state index in [-0.39, 0.29) is 10.8 Å². The van der Waals surface area contributed by atoms with Crippen LogP contribution in [0.15, 0.2) is 64.2 Å². The lowest BCUT2D eigenvalue weighted by molar-refractivity contribution is 0.183. The summed E-state index contributed by atoms with van der Waals surface area (Å²) >= 11 is 2.69. The molecule has 2 N–H and O–H groups in total. The molecule has 8 heteroatoms. The number of nitrogens with one attached hydrogen (secondary N) is 1. The van der Waals surface area contributed by atoms with Crippen molar-refractivity contribution < 1.29 is 13.5 Å². The molecule has 144 valence electrons. The fraction of sp³-hybridized carbons (Fsp3) is 0.150. The number of hydrogen-bond acceptors (Lipinski definition) is 6. The normalized spacial score (nSPS) is 13.1. The average molecular weight is 431 g/mol. The molecule has 2 aromatic carbocycles. The van der Waals surface area contributed by atoms with E-state index >= 15 is 0 Å². The third-order valence-corrected chi connectivity index (χ3v) is 8.16. The first-order chi connectivity index (χ1) is 13.4. The van der Waals surface area contributed by atoms with Gasteiger partial charge < -0.3 is 5.11 Å². The Balaban J connectivity index is 1.51. The topological polar surface area (TPSA) is 79.3 Å². The van der Waals surface area contributed by atoms with Crippen LogP contribution in [0.4, 0.5) is 0 Å². The van der Waals surface area contributed by atoms with E-state index in [1.54, 1.807) is 12.1 Å². The highest BCUT2D eigenvalue weighted by molar-refractivity contribution is 7.91. The Labute approximate surface area is 171 Å². The van der Waals surface area contributed by atoms with Gasteiger partial charge in [0, 0.05) is 11.9 Å². The minimum absolute atomic E-state index is 0.0978. The van der Waals surface area contributed by atoms with Crippen LogP contribution in [0.2, 0.25) is 0 Å². The summed E-state index contributed by atoms with van der Waals surface area (Å²) in [5.74, 6) is 0. The van der Waals surface area contributed by atoms with Crippen LogP contribution in [0.25, 0.3) is 21.3 Å². The number of aliphatic hydroxyl groups is 1. The minimum Gasteiger partial charge on any atom is -0.387 e. The van der Waals surface area contributed by atoms with Gasteiger partial charge in [-0.05, 0) is 35.4 Å². The van der Waals surface area contributed by atoms with E-state index < -0.39 is 16.1 Å². The number of nitrogens with zero attached hydrogens (tertiary/aromatic N) is 1. The van der Waals surface area contributed by atoms with Crippen molar-refractivity contribution >= 4 is 43.5 Å². The highest BCUT2D eigenvalue weighted by Gasteiger charge is 2.20. The van der Waals surface area contributed by atoms with E-state index in [9.17, 15) is 13.5 Å². The van der Waals surface area contributed by atoms with Crippen molar-refractivity contribution in [2.45, 2.75) is 17.2 Å². The molecular weight excluding hydrogens is 412 g/mol. The number of aliphatic hydroxyl groups excluding tert-OH is 1. The van der Waals surface area contributed by atoms with Crippen molar-refractivity contribution in [3.05, 3.63) is 70.5 Å². The monoisotopic (exact) mass is 430 g/mol. The predicted octanol–water partition coefficient (Wildman–Crippen LogP) is 4.35. The molecular formula is C20H18N2O3S3. The van der Waals surface area contributed by atoms with E-state index in [1.165, 1.54) is 22.7 Å².